The van der Waals surface area contributed by atoms with Gasteiger partial charge in [0.15, 0.2) is 0 Å². The van der Waals surface area contributed by atoms with Crippen molar-refractivity contribution in [1.82, 2.24) is 10.2 Å². The summed E-state index contributed by atoms with van der Waals surface area (Å²) in [4.78, 5) is 29.0. The number of rotatable bonds is 12. The van der Waals surface area contributed by atoms with Crippen molar-refractivity contribution in [2.45, 2.75) is 71.0 Å². The molecule has 0 spiro atoms. The smallest absolute Gasteiger partial charge is 0.264 e. The molecule has 2 atom stereocenters. The van der Waals surface area contributed by atoms with Crippen molar-refractivity contribution in [2.75, 3.05) is 10.8 Å². The Morgan fingerprint density at radius 2 is 1.50 bits per heavy atom. The lowest BCUT2D eigenvalue weighted by atomic mass is 10.1. The van der Waals surface area contributed by atoms with E-state index in [1.165, 1.54) is 17.0 Å². The fraction of sp³-hybridized carbons (Fsp3) is 0.355. The number of carbonyl (C=O) groups excluding carboxylic acids is 2. The third-order valence-electron chi connectivity index (χ3n) is 6.79. The first-order chi connectivity index (χ1) is 19.0. The van der Waals surface area contributed by atoms with Crippen LogP contribution in [0.15, 0.2) is 77.7 Å². The Labute approximate surface area is 243 Å². The molecule has 0 aliphatic carbocycles. The Morgan fingerprint density at radius 3 is 2.08 bits per heavy atom. The zero-order valence-electron chi connectivity index (χ0n) is 23.7. The number of sulfonamides is 1. The largest absolute Gasteiger partial charge is 0.352 e. The van der Waals surface area contributed by atoms with Crippen molar-refractivity contribution in [3.63, 3.8) is 0 Å². The van der Waals surface area contributed by atoms with Gasteiger partial charge in [-0.05, 0) is 80.6 Å². The first-order valence-electron chi connectivity index (χ1n) is 13.5. The lowest BCUT2D eigenvalue weighted by Crippen LogP contribution is -2.53. The molecule has 0 fully saturated rings. The minimum absolute atomic E-state index is 0.0526. The van der Waals surface area contributed by atoms with Gasteiger partial charge in [0.2, 0.25) is 11.8 Å². The standard InChI is InChI=1S/C31H38ClN3O4S/c1-6-24(5)33-31(37)29(7-2)34(20-25-13-11-12-16-28(25)32)30(36)21-35(26-18-22(3)17-23(4)19-26)40(38,39)27-14-9-8-10-15-27/h8-19,24,29H,6-7,20-21H2,1-5H3,(H,33,37). The van der Waals surface area contributed by atoms with Gasteiger partial charge < -0.3 is 10.2 Å². The van der Waals surface area contributed by atoms with E-state index in [0.29, 0.717) is 22.7 Å². The van der Waals surface area contributed by atoms with Crippen LogP contribution in [0.5, 0.6) is 0 Å². The average Bonchev–Trinajstić information content (AvgIpc) is 2.92. The van der Waals surface area contributed by atoms with Crippen LogP contribution in [0, 0.1) is 13.8 Å². The van der Waals surface area contributed by atoms with Crippen molar-refractivity contribution in [1.29, 1.82) is 0 Å². The van der Waals surface area contributed by atoms with E-state index in [2.05, 4.69) is 5.32 Å². The van der Waals surface area contributed by atoms with Gasteiger partial charge in [0.1, 0.15) is 12.6 Å². The third kappa shape index (κ3) is 7.64. The molecule has 7 nitrogen and oxygen atoms in total. The van der Waals surface area contributed by atoms with Gasteiger partial charge in [-0.3, -0.25) is 13.9 Å². The van der Waals surface area contributed by atoms with E-state index in [-0.39, 0.29) is 23.4 Å². The van der Waals surface area contributed by atoms with Crippen LogP contribution < -0.4 is 9.62 Å². The Balaban J connectivity index is 2.09. The summed E-state index contributed by atoms with van der Waals surface area (Å²) in [5.41, 5.74) is 2.77. The summed E-state index contributed by atoms with van der Waals surface area (Å²) < 4.78 is 29.0. The molecule has 40 heavy (non-hydrogen) atoms. The number of hydrogen-bond acceptors (Lipinski definition) is 4. The topological polar surface area (TPSA) is 86.8 Å². The number of amides is 2. The van der Waals surface area contributed by atoms with Crippen LogP contribution in [0.3, 0.4) is 0 Å². The summed E-state index contributed by atoms with van der Waals surface area (Å²) in [6.45, 7) is 9.02. The Hall–Kier alpha value is -3.36. The molecule has 214 valence electrons. The maximum atomic E-state index is 14.1. The number of anilines is 1. The van der Waals surface area contributed by atoms with Crippen LogP contribution in [0.4, 0.5) is 5.69 Å². The van der Waals surface area contributed by atoms with E-state index < -0.39 is 28.5 Å². The SMILES string of the molecule is CCC(C)NC(=O)C(CC)N(Cc1ccccc1Cl)C(=O)CN(c1cc(C)cc(C)c1)S(=O)(=O)c1ccccc1. The summed E-state index contributed by atoms with van der Waals surface area (Å²) in [6.07, 6.45) is 1.07. The minimum Gasteiger partial charge on any atom is -0.352 e. The second-order valence-electron chi connectivity index (χ2n) is 10.0. The van der Waals surface area contributed by atoms with E-state index in [1.807, 2.05) is 46.8 Å². The molecule has 0 saturated heterocycles. The number of aryl methyl sites for hydroxylation is 2. The number of nitrogens with one attached hydrogen (secondary N) is 1. The highest BCUT2D eigenvalue weighted by atomic mass is 35.5. The van der Waals surface area contributed by atoms with Crippen molar-refractivity contribution in [2.24, 2.45) is 0 Å². The van der Waals surface area contributed by atoms with Crippen LogP contribution in [0.25, 0.3) is 0 Å². The van der Waals surface area contributed by atoms with Crippen LogP contribution in [0.1, 0.15) is 50.3 Å². The molecule has 0 aliphatic heterocycles. The number of carbonyl (C=O) groups is 2. The molecule has 9 heteroatoms. The number of hydrogen-bond donors (Lipinski definition) is 1. The van der Waals surface area contributed by atoms with E-state index in [1.54, 1.807) is 48.5 Å². The molecule has 0 radical (unpaired) electrons. The molecule has 3 aromatic rings. The molecule has 3 rings (SSSR count). The van der Waals surface area contributed by atoms with Crippen molar-refractivity contribution < 1.29 is 18.0 Å². The molecule has 0 heterocycles. The second-order valence-corrected chi connectivity index (χ2v) is 12.3. The van der Waals surface area contributed by atoms with Crippen LogP contribution in [0.2, 0.25) is 5.02 Å². The first-order valence-corrected chi connectivity index (χ1v) is 15.3. The minimum atomic E-state index is -4.11. The lowest BCUT2D eigenvalue weighted by Gasteiger charge is -2.34. The fourth-order valence-electron chi connectivity index (χ4n) is 4.51. The molecule has 2 amide bonds. The average molecular weight is 584 g/mol. The number of benzene rings is 3. The fourth-order valence-corrected chi connectivity index (χ4v) is 6.13. The maximum absolute atomic E-state index is 14.1. The maximum Gasteiger partial charge on any atom is 0.264 e. The summed E-state index contributed by atoms with van der Waals surface area (Å²) in [7, 11) is -4.11. The normalized spacial score (nSPS) is 12.8. The molecule has 3 aromatic carbocycles. The van der Waals surface area contributed by atoms with Gasteiger partial charge in [-0.1, -0.05) is 67.9 Å². The molecular formula is C31H38ClN3O4S. The van der Waals surface area contributed by atoms with Crippen molar-refractivity contribution >= 4 is 39.1 Å². The van der Waals surface area contributed by atoms with Gasteiger partial charge in [0.05, 0.1) is 10.6 Å². The Morgan fingerprint density at radius 1 is 0.900 bits per heavy atom. The van der Waals surface area contributed by atoms with E-state index in [4.69, 9.17) is 11.6 Å². The summed E-state index contributed by atoms with van der Waals surface area (Å²) in [6, 6.07) is 19.7. The van der Waals surface area contributed by atoms with E-state index in [0.717, 1.165) is 21.9 Å². The first kappa shape index (κ1) is 31.2. The van der Waals surface area contributed by atoms with Gasteiger partial charge in [0.25, 0.3) is 10.0 Å². The van der Waals surface area contributed by atoms with Crippen LogP contribution in [-0.4, -0.2) is 43.8 Å². The molecule has 0 bridgehead atoms. The molecular weight excluding hydrogens is 546 g/mol. The lowest BCUT2D eigenvalue weighted by molar-refractivity contribution is -0.140. The van der Waals surface area contributed by atoms with Gasteiger partial charge in [-0.15, -0.1) is 0 Å². The molecule has 0 aliphatic rings. The summed E-state index contributed by atoms with van der Waals surface area (Å²) >= 11 is 6.45. The van der Waals surface area contributed by atoms with Crippen molar-refractivity contribution in [3.8, 4) is 0 Å². The van der Waals surface area contributed by atoms with Crippen molar-refractivity contribution in [3.05, 3.63) is 94.5 Å². The highest BCUT2D eigenvalue weighted by molar-refractivity contribution is 7.92. The predicted molar refractivity (Wildman–Crippen MR) is 161 cm³/mol. The zero-order chi connectivity index (χ0) is 29.4. The van der Waals surface area contributed by atoms with Gasteiger partial charge in [0, 0.05) is 17.6 Å². The Bertz CT molecular complexity index is 1410. The van der Waals surface area contributed by atoms with E-state index in [9.17, 15) is 18.0 Å². The number of nitrogens with zero attached hydrogens (tertiary/aromatic N) is 2. The van der Waals surface area contributed by atoms with Crippen LogP contribution >= 0.6 is 11.6 Å². The van der Waals surface area contributed by atoms with Crippen LogP contribution in [-0.2, 0) is 26.2 Å². The summed E-state index contributed by atoms with van der Waals surface area (Å²) in [5.74, 6) is -0.800. The Kier molecular flexibility index (Phi) is 10.8. The molecule has 1 N–H and O–H groups in total. The van der Waals surface area contributed by atoms with E-state index >= 15 is 0 Å². The van der Waals surface area contributed by atoms with Gasteiger partial charge >= 0.3 is 0 Å². The highest BCUT2D eigenvalue weighted by Crippen LogP contribution is 2.27. The predicted octanol–water partition coefficient (Wildman–Crippen LogP) is 5.87. The summed E-state index contributed by atoms with van der Waals surface area (Å²) in [5, 5.41) is 3.43. The highest BCUT2D eigenvalue weighted by Gasteiger charge is 2.34. The van der Waals surface area contributed by atoms with Gasteiger partial charge in [-0.25, -0.2) is 8.42 Å². The van der Waals surface area contributed by atoms with Gasteiger partial charge in [-0.2, -0.15) is 0 Å². The number of halogens is 1. The third-order valence-corrected chi connectivity index (χ3v) is 8.95. The molecule has 0 saturated carbocycles. The zero-order valence-corrected chi connectivity index (χ0v) is 25.3. The molecule has 2 unspecified atom stereocenters. The molecule has 0 aromatic heterocycles. The second kappa shape index (κ2) is 13.8. The monoisotopic (exact) mass is 583 g/mol. The quantitative estimate of drug-likeness (QED) is 0.289.